The molecule has 0 spiro atoms. The van der Waals surface area contributed by atoms with Gasteiger partial charge in [-0.2, -0.15) is 0 Å². The molecule has 2 saturated heterocycles. The standard InChI is InChI=1S/C19H28N2O3/c1-2-3-14-24-19(23)20-12-10-16(11-13-20)21-17-7-5-4-6-15(17)8-9-18(21)22/h4-7,15-17H,2-3,8-14H2,1H3/t15?,17-/m1/s1. The van der Waals surface area contributed by atoms with Gasteiger partial charge in [-0.15, -0.1) is 0 Å². The van der Waals surface area contributed by atoms with Crippen molar-refractivity contribution in [2.75, 3.05) is 19.7 Å². The summed E-state index contributed by atoms with van der Waals surface area (Å²) in [5.41, 5.74) is 0. The van der Waals surface area contributed by atoms with Gasteiger partial charge in [0.1, 0.15) is 0 Å². The normalized spacial score (nSPS) is 27.3. The van der Waals surface area contributed by atoms with Crippen LogP contribution in [0.15, 0.2) is 24.3 Å². The fraction of sp³-hybridized carbons (Fsp3) is 0.684. The number of ether oxygens (including phenoxy) is 1. The fourth-order valence-corrected chi connectivity index (χ4v) is 3.96. The third-order valence-corrected chi connectivity index (χ3v) is 5.36. The monoisotopic (exact) mass is 332 g/mol. The van der Waals surface area contributed by atoms with Gasteiger partial charge in [0.25, 0.3) is 0 Å². The van der Waals surface area contributed by atoms with Crippen molar-refractivity contribution >= 4 is 12.0 Å². The van der Waals surface area contributed by atoms with Crippen LogP contribution in [-0.2, 0) is 9.53 Å². The van der Waals surface area contributed by atoms with Crippen LogP contribution in [0.3, 0.4) is 0 Å². The number of likely N-dealkylation sites (tertiary alicyclic amines) is 2. The van der Waals surface area contributed by atoms with E-state index in [0.717, 1.165) is 32.1 Å². The zero-order chi connectivity index (χ0) is 16.9. The maximum absolute atomic E-state index is 12.5. The highest BCUT2D eigenvalue weighted by Crippen LogP contribution is 2.33. The van der Waals surface area contributed by atoms with Crippen LogP contribution < -0.4 is 0 Å². The fourth-order valence-electron chi connectivity index (χ4n) is 3.96. The van der Waals surface area contributed by atoms with Crippen molar-refractivity contribution < 1.29 is 14.3 Å². The van der Waals surface area contributed by atoms with E-state index in [2.05, 4.69) is 30.1 Å². The molecule has 2 fully saturated rings. The number of carbonyl (C=O) groups excluding carboxylic acids is 2. The number of carbonyl (C=O) groups is 2. The highest BCUT2D eigenvalue weighted by atomic mass is 16.6. The minimum absolute atomic E-state index is 0.198. The van der Waals surface area contributed by atoms with E-state index in [1.165, 1.54) is 0 Å². The SMILES string of the molecule is CCCCOC(=O)N1CCC(N2C(=O)CCC3C=CC=C[C@H]32)CC1. The number of hydrogen-bond acceptors (Lipinski definition) is 3. The molecule has 0 aromatic carbocycles. The summed E-state index contributed by atoms with van der Waals surface area (Å²) in [5, 5.41) is 0. The Bertz CT molecular complexity index is 521. The highest BCUT2D eigenvalue weighted by Gasteiger charge is 2.39. The molecule has 0 aromatic rings. The molecular formula is C19H28N2O3. The van der Waals surface area contributed by atoms with Crippen LogP contribution in [0, 0.1) is 5.92 Å². The van der Waals surface area contributed by atoms with Gasteiger partial charge in [-0.25, -0.2) is 4.79 Å². The van der Waals surface area contributed by atoms with E-state index in [1.807, 2.05) is 6.08 Å². The number of piperidine rings is 2. The Balaban J connectivity index is 1.55. The van der Waals surface area contributed by atoms with Crippen LogP contribution in [0.25, 0.3) is 0 Å². The molecule has 2 heterocycles. The number of fused-ring (bicyclic) bond motifs is 1. The first-order chi connectivity index (χ1) is 11.7. The van der Waals surface area contributed by atoms with Gasteiger partial charge in [-0.05, 0) is 25.7 Å². The average molecular weight is 332 g/mol. The molecule has 3 aliphatic rings. The quantitative estimate of drug-likeness (QED) is 0.743. The van der Waals surface area contributed by atoms with Crippen LogP contribution in [-0.4, -0.2) is 53.6 Å². The van der Waals surface area contributed by atoms with Crippen molar-refractivity contribution in [3.05, 3.63) is 24.3 Å². The summed E-state index contributed by atoms with van der Waals surface area (Å²) in [7, 11) is 0. The zero-order valence-corrected chi connectivity index (χ0v) is 14.5. The summed E-state index contributed by atoms with van der Waals surface area (Å²) in [5.74, 6) is 0.713. The molecule has 0 radical (unpaired) electrons. The summed E-state index contributed by atoms with van der Waals surface area (Å²) in [6.45, 7) is 3.94. The van der Waals surface area contributed by atoms with Crippen LogP contribution in [0.2, 0.25) is 0 Å². The van der Waals surface area contributed by atoms with E-state index in [-0.39, 0.29) is 24.1 Å². The molecule has 5 heteroatoms. The summed E-state index contributed by atoms with van der Waals surface area (Å²) in [6.07, 6.45) is 13.5. The van der Waals surface area contributed by atoms with Crippen LogP contribution in [0.5, 0.6) is 0 Å². The molecule has 24 heavy (non-hydrogen) atoms. The van der Waals surface area contributed by atoms with E-state index in [1.54, 1.807) is 4.90 Å². The average Bonchev–Trinajstić information content (AvgIpc) is 2.62. The Kier molecular flexibility index (Phi) is 5.59. The molecule has 3 rings (SSSR count). The van der Waals surface area contributed by atoms with Crippen molar-refractivity contribution in [1.82, 2.24) is 9.80 Å². The molecule has 0 aromatic heterocycles. The molecule has 0 bridgehead atoms. The molecule has 1 aliphatic carbocycles. The summed E-state index contributed by atoms with van der Waals surface area (Å²) >= 11 is 0. The zero-order valence-electron chi connectivity index (χ0n) is 14.5. The largest absolute Gasteiger partial charge is 0.449 e. The van der Waals surface area contributed by atoms with Gasteiger partial charge in [0.05, 0.1) is 12.6 Å². The summed E-state index contributed by atoms with van der Waals surface area (Å²) < 4.78 is 5.30. The number of rotatable bonds is 4. The molecule has 1 unspecified atom stereocenters. The lowest BCUT2D eigenvalue weighted by Crippen LogP contribution is -2.56. The van der Waals surface area contributed by atoms with Crippen molar-refractivity contribution in [3.8, 4) is 0 Å². The molecule has 2 aliphatic heterocycles. The van der Waals surface area contributed by atoms with Crippen LogP contribution in [0.4, 0.5) is 4.79 Å². The second kappa shape index (κ2) is 7.86. The first-order valence-corrected chi connectivity index (χ1v) is 9.28. The van der Waals surface area contributed by atoms with Gasteiger partial charge in [-0.1, -0.05) is 37.6 Å². The maximum atomic E-state index is 12.5. The Hall–Kier alpha value is -1.78. The maximum Gasteiger partial charge on any atom is 0.409 e. The van der Waals surface area contributed by atoms with E-state index >= 15 is 0 Å². The molecule has 5 nitrogen and oxygen atoms in total. The molecule has 0 saturated carbocycles. The first kappa shape index (κ1) is 17.1. The molecule has 0 N–H and O–H groups in total. The Morgan fingerprint density at radius 2 is 1.96 bits per heavy atom. The number of unbranched alkanes of at least 4 members (excludes halogenated alkanes) is 1. The number of nitrogens with zero attached hydrogens (tertiary/aromatic N) is 2. The number of amides is 2. The summed E-state index contributed by atoms with van der Waals surface area (Å²) in [6, 6.07) is 0.436. The molecule has 2 amide bonds. The summed E-state index contributed by atoms with van der Waals surface area (Å²) in [4.78, 5) is 28.4. The van der Waals surface area contributed by atoms with E-state index in [0.29, 0.717) is 32.0 Å². The predicted octanol–water partition coefficient (Wildman–Crippen LogP) is 3.12. The second-order valence-corrected chi connectivity index (χ2v) is 6.95. The van der Waals surface area contributed by atoms with Crippen molar-refractivity contribution in [1.29, 1.82) is 0 Å². The minimum atomic E-state index is -0.203. The van der Waals surface area contributed by atoms with E-state index in [9.17, 15) is 9.59 Å². The number of hydrogen-bond donors (Lipinski definition) is 0. The third kappa shape index (κ3) is 3.65. The van der Waals surface area contributed by atoms with E-state index in [4.69, 9.17) is 4.74 Å². The van der Waals surface area contributed by atoms with Gasteiger partial charge in [0, 0.05) is 31.5 Å². The van der Waals surface area contributed by atoms with Crippen LogP contribution >= 0.6 is 0 Å². The molecule has 132 valence electrons. The van der Waals surface area contributed by atoms with Gasteiger partial charge < -0.3 is 14.5 Å². The van der Waals surface area contributed by atoms with Crippen molar-refractivity contribution in [3.63, 3.8) is 0 Å². The minimum Gasteiger partial charge on any atom is -0.449 e. The first-order valence-electron chi connectivity index (χ1n) is 9.28. The van der Waals surface area contributed by atoms with Crippen LogP contribution in [0.1, 0.15) is 45.4 Å². The Morgan fingerprint density at radius 1 is 1.21 bits per heavy atom. The molecular weight excluding hydrogens is 304 g/mol. The van der Waals surface area contributed by atoms with Gasteiger partial charge >= 0.3 is 6.09 Å². The van der Waals surface area contributed by atoms with Crippen molar-refractivity contribution in [2.24, 2.45) is 5.92 Å². The molecule has 2 atom stereocenters. The lowest BCUT2D eigenvalue weighted by Gasteiger charge is -2.46. The van der Waals surface area contributed by atoms with E-state index < -0.39 is 0 Å². The Labute approximate surface area is 144 Å². The van der Waals surface area contributed by atoms with Gasteiger partial charge in [0.15, 0.2) is 0 Å². The highest BCUT2D eigenvalue weighted by molar-refractivity contribution is 5.78. The number of allylic oxidation sites excluding steroid dienone is 2. The van der Waals surface area contributed by atoms with Gasteiger partial charge in [-0.3, -0.25) is 4.79 Å². The predicted molar refractivity (Wildman–Crippen MR) is 92.5 cm³/mol. The Morgan fingerprint density at radius 3 is 2.71 bits per heavy atom. The lowest BCUT2D eigenvalue weighted by molar-refractivity contribution is -0.140. The lowest BCUT2D eigenvalue weighted by atomic mass is 9.83. The second-order valence-electron chi connectivity index (χ2n) is 6.95. The van der Waals surface area contributed by atoms with Gasteiger partial charge in [0.2, 0.25) is 5.91 Å². The topological polar surface area (TPSA) is 49.9 Å². The smallest absolute Gasteiger partial charge is 0.409 e. The third-order valence-electron chi connectivity index (χ3n) is 5.36. The van der Waals surface area contributed by atoms with Crippen molar-refractivity contribution in [2.45, 2.75) is 57.5 Å².